The molecule has 3 rings (SSSR count). The van der Waals surface area contributed by atoms with Gasteiger partial charge in [-0.1, -0.05) is 41.9 Å². The van der Waals surface area contributed by atoms with Crippen LogP contribution < -0.4 is 9.62 Å². The summed E-state index contributed by atoms with van der Waals surface area (Å²) in [7, 11) is -4.19. The lowest BCUT2D eigenvalue weighted by Crippen LogP contribution is -2.51. The van der Waals surface area contributed by atoms with E-state index in [1.54, 1.807) is 56.3 Å². The molecule has 0 radical (unpaired) electrons. The van der Waals surface area contributed by atoms with Gasteiger partial charge in [-0.25, -0.2) is 12.8 Å². The van der Waals surface area contributed by atoms with Crippen LogP contribution in [0, 0.1) is 5.82 Å². The van der Waals surface area contributed by atoms with Crippen LogP contribution in [-0.2, 0) is 26.2 Å². The zero-order valence-electron chi connectivity index (χ0n) is 19.9. The second kappa shape index (κ2) is 12.0. The molecule has 190 valence electrons. The van der Waals surface area contributed by atoms with Gasteiger partial charge in [-0.3, -0.25) is 13.9 Å². The monoisotopic (exact) mass is 531 g/mol. The molecule has 0 unspecified atom stereocenters. The van der Waals surface area contributed by atoms with Crippen molar-refractivity contribution in [1.82, 2.24) is 10.2 Å². The summed E-state index contributed by atoms with van der Waals surface area (Å²) in [5.41, 5.74) is 0.785. The summed E-state index contributed by atoms with van der Waals surface area (Å²) in [5.74, 6) is -1.54. The number of halogens is 2. The van der Waals surface area contributed by atoms with E-state index in [0.29, 0.717) is 17.1 Å². The molecule has 3 aromatic carbocycles. The van der Waals surface area contributed by atoms with Crippen LogP contribution in [-0.4, -0.2) is 44.3 Å². The molecule has 1 N–H and O–H groups in total. The van der Waals surface area contributed by atoms with E-state index in [-0.39, 0.29) is 23.0 Å². The van der Waals surface area contributed by atoms with Gasteiger partial charge in [0.25, 0.3) is 10.0 Å². The summed E-state index contributed by atoms with van der Waals surface area (Å²) in [4.78, 5) is 27.6. The summed E-state index contributed by atoms with van der Waals surface area (Å²) < 4.78 is 41.6. The smallest absolute Gasteiger partial charge is 0.264 e. The van der Waals surface area contributed by atoms with E-state index in [1.807, 2.05) is 0 Å². The SMILES string of the molecule is CCNC(=O)[C@H](C)N(Cc1cccc(Cl)c1)C(=O)CN(c1ccc(F)cc1)S(=O)(=O)c1ccccc1. The van der Waals surface area contributed by atoms with Crippen LogP contribution in [0.3, 0.4) is 0 Å². The average Bonchev–Trinajstić information content (AvgIpc) is 2.86. The highest BCUT2D eigenvalue weighted by atomic mass is 35.5. The molecular weight excluding hydrogens is 505 g/mol. The fraction of sp³-hybridized carbons (Fsp3) is 0.231. The Morgan fingerprint density at radius 3 is 2.28 bits per heavy atom. The first-order valence-corrected chi connectivity index (χ1v) is 13.1. The van der Waals surface area contributed by atoms with Gasteiger partial charge in [-0.2, -0.15) is 0 Å². The van der Waals surface area contributed by atoms with Gasteiger partial charge < -0.3 is 10.2 Å². The number of nitrogens with zero attached hydrogens (tertiary/aromatic N) is 2. The summed E-state index contributed by atoms with van der Waals surface area (Å²) >= 11 is 6.10. The number of hydrogen-bond acceptors (Lipinski definition) is 4. The van der Waals surface area contributed by atoms with Crippen molar-refractivity contribution >= 4 is 39.1 Å². The van der Waals surface area contributed by atoms with E-state index in [1.165, 1.54) is 29.2 Å². The molecule has 10 heteroatoms. The van der Waals surface area contributed by atoms with Gasteiger partial charge in [0.1, 0.15) is 18.4 Å². The zero-order valence-corrected chi connectivity index (χ0v) is 21.5. The molecule has 0 aliphatic heterocycles. The van der Waals surface area contributed by atoms with Crippen LogP contribution in [0.1, 0.15) is 19.4 Å². The highest BCUT2D eigenvalue weighted by molar-refractivity contribution is 7.92. The molecule has 0 saturated carbocycles. The van der Waals surface area contributed by atoms with Gasteiger partial charge in [0, 0.05) is 18.1 Å². The topological polar surface area (TPSA) is 86.8 Å². The molecule has 3 aromatic rings. The first kappa shape index (κ1) is 27.2. The molecular formula is C26H27ClFN3O4S. The van der Waals surface area contributed by atoms with Crippen molar-refractivity contribution < 1.29 is 22.4 Å². The van der Waals surface area contributed by atoms with E-state index < -0.39 is 34.3 Å². The molecule has 0 saturated heterocycles. The Balaban J connectivity index is 2.01. The molecule has 0 aliphatic rings. The standard InChI is InChI=1S/C26H27ClFN3O4S/c1-3-29-26(33)19(2)30(17-20-8-7-9-21(27)16-20)25(32)18-31(23-14-12-22(28)13-15-23)36(34,35)24-10-5-4-6-11-24/h4-16,19H,3,17-18H2,1-2H3,(H,29,33)/t19-/m0/s1. The number of rotatable bonds is 10. The number of carbonyl (C=O) groups excluding carboxylic acids is 2. The molecule has 0 aliphatic carbocycles. The predicted molar refractivity (Wildman–Crippen MR) is 138 cm³/mol. The summed E-state index contributed by atoms with van der Waals surface area (Å²) in [6.07, 6.45) is 0. The lowest BCUT2D eigenvalue weighted by Gasteiger charge is -2.32. The molecule has 36 heavy (non-hydrogen) atoms. The Morgan fingerprint density at radius 2 is 1.67 bits per heavy atom. The van der Waals surface area contributed by atoms with Crippen molar-refractivity contribution in [2.45, 2.75) is 31.3 Å². The predicted octanol–water partition coefficient (Wildman–Crippen LogP) is 4.23. The number of amides is 2. The van der Waals surface area contributed by atoms with Crippen LogP contribution in [0.5, 0.6) is 0 Å². The maximum absolute atomic E-state index is 13.6. The summed E-state index contributed by atoms with van der Waals surface area (Å²) in [5, 5.41) is 3.16. The minimum absolute atomic E-state index is 0.0275. The van der Waals surface area contributed by atoms with Gasteiger partial charge in [0.15, 0.2) is 0 Å². The van der Waals surface area contributed by atoms with E-state index in [0.717, 1.165) is 16.4 Å². The minimum atomic E-state index is -4.19. The molecule has 7 nitrogen and oxygen atoms in total. The molecule has 0 bridgehead atoms. The van der Waals surface area contributed by atoms with Gasteiger partial charge in [0.05, 0.1) is 10.6 Å². The fourth-order valence-electron chi connectivity index (χ4n) is 3.59. The van der Waals surface area contributed by atoms with E-state index in [9.17, 15) is 22.4 Å². The Bertz CT molecular complexity index is 1300. The van der Waals surface area contributed by atoms with Gasteiger partial charge in [0.2, 0.25) is 11.8 Å². The van der Waals surface area contributed by atoms with E-state index >= 15 is 0 Å². The molecule has 0 fully saturated rings. The molecule has 0 spiro atoms. The number of benzene rings is 3. The number of carbonyl (C=O) groups is 2. The second-order valence-electron chi connectivity index (χ2n) is 8.02. The molecule has 0 aromatic heterocycles. The average molecular weight is 532 g/mol. The van der Waals surface area contributed by atoms with Gasteiger partial charge in [-0.05, 0) is 67.9 Å². The summed E-state index contributed by atoms with van der Waals surface area (Å²) in [6.45, 7) is 3.12. The number of likely N-dealkylation sites (N-methyl/N-ethyl adjacent to an activating group) is 1. The van der Waals surface area contributed by atoms with Crippen LogP contribution >= 0.6 is 11.6 Å². The van der Waals surface area contributed by atoms with Gasteiger partial charge in [-0.15, -0.1) is 0 Å². The third-order valence-electron chi connectivity index (χ3n) is 5.48. The normalized spacial score (nSPS) is 12.0. The Morgan fingerprint density at radius 1 is 1.00 bits per heavy atom. The van der Waals surface area contributed by atoms with Crippen molar-refractivity contribution in [3.8, 4) is 0 Å². The van der Waals surface area contributed by atoms with Crippen LogP contribution in [0.4, 0.5) is 10.1 Å². The van der Waals surface area contributed by atoms with Gasteiger partial charge >= 0.3 is 0 Å². The summed E-state index contributed by atoms with van der Waals surface area (Å²) in [6, 6.07) is 18.4. The number of anilines is 1. The molecule has 1 atom stereocenters. The van der Waals surface area contributed by atoms with Crippen molar-refractivity contribution in [2.75, 3.05) is 17.4 Å². The number of hydrogen-bond donors (Lipinski definition) is 1. The molecule has 0 heterocycles. The Kier molecular flexibility index (Phi) is 9.06. The van der Waals surface area contributed by atoms with Crippen molar-refractivity contribution in [1.29, 1.82) is 0 Å². The molecule has 2 amide bonds. The first-order chi connectivity index (χ1) is 17.1. The fourth-order valence-corrected chi connectivity index (χ4v) is 5.24. The minimum Gasteiger partial charge on any atom is -0.355 e. The van der Waals surface area contributed by atoms with Crippen molar-refractivity contribution in [3.63, 3.8) is 0 Å². The number of nitrogens with one attached hydrogen (secondary N) is 1. The largest absolute Gasteiger partial charge is 0.355 e. The second-order valence-corrected chi connectivity index (χ2v) is 10.3. The first-order valence-electron chi connectivity index (χ1n) is 11.3. The van der Waals surface area contributed by atoms with E-state index in [2.05, 4.69) is 5.32 Å². The Hall–Kier alpha value is -3.43. The zero-order chi connectivity index (χ0) is 26.3. The van der Waals surface area contributed by atoms with Crippen LogP contribution in [0.25, 0.3) is 0 Å². The third-order valence-corrected chi connectivity index (χ3v) is 7.51. The van der Waals surface area contributed by atoms with Crippen LogP contribution in [0.15, 0.2) is 83.8 Å². The van der Waals surface area contributed by atoms with Crippen molar-refractivity contribution in [3.05, 3.63) is 95.3 Å². The van der Waals surface area contributed by atoms with Crippen molar-refractivity contribution in [2.24, 2.45) is 0 Å². The quantitative estimate of drug-likeness (QED) is 0.424. The maximum Gasteiger partial charge on any atom is 0.264 e. The third kappa shape index (κ3) is 6.61. The lowest BCUT2D eigenvalue weighted by atomic mass is 10.1. The maximum atomic E-state index is 13.6. The highest BCUT2D eigenvalue weighted by Crippen LogP contribution is 2.25. The Labute approximate surface area is 215 Å². The highest BCUT2D eigenvalue weighted by Gasteiger charge is 2.32. The lowest BCUT2D eigenvalue weighted by molar-refractivity contribution is -0.139. The van der Waals surface area contributed by atoms with E-state index in [4.69, 9.17) is 11.6 Å². The van der Waals surface area contributed by atoms with Crippen LogP contribution in [0.2, 0.25) is 5.02 Å². The number of sulfonamides is 1.